The van der Waals surface area contributed by atoms with Gasteiger partial charge in [0.15, 0.2) is 0 Å². The molecule has 0 saturated carbocycles. The number of halogens is 2. The summed E-state index contributed by atoms with van der Waals surface area (Å²) in [6.45, 7) is 4.08. The summed E-state index contributed by atoms with van der Waals surface area (Å²) in [7, 11) is -3.59. The van der Waals surface area contributed by atoms with E-state index in [2.05, 4.69) is 4.90 Å². The summed E-state index contributed by atoms with van der Waals surface area (Å²) in [5.74, 6) is -0.258. The van der Waals surface area contributed by atoms with Gasteiger partial charge < -0.3 is 0 Å². The van der Waals surface area contributed by atoms with Crippen molar-refractivity contribution in [1.29, 1.82) is 0 Å². The van der Waals surface area contributed by atoms with Crippen molar-refractivity contribution in [3.63, 3.8) is 0 Å². The Morgan fingerprint density at radius 2 is 1.60 bits per heavy atom. The van der Waals surface area contributed by atoms with E-state index in [-0.39, 0.29) is 21.8 Å². The lowest BCUT2D eigenvalue weighted by Crippen LogP contribution is -2.49. The third kappa shape index (κ3) is 3.87. The third-order valence-corrected chi connectivity index (χ3v) is 7.03. The van der Waals surface area contributed by atoms with Gasteiger partial charge in [-0.1, -0.05) is 35.9 Å². The zero-order valence-electron chi connectivity index (χ0n) is 13.9. The summed E-state index contributed by atoms with van der Waals surface area (Å²) in [5, 5.41) is 0.240. The smallest absolute Gasteiger partial charge is 0.244 e. The van der Waals surface area contributed by atoms with Gasteiger partial charge in [0.05, 0.1) is 5.02 Å². The monoisotopic (exact) mass is 382 g/mol. The minimum Gasteiger partial charge on any atom is -0.294 e. The second-order valence-corrected chi connectivity index (χ2v) is 8.41. The van der Waals surface area contributed by atoms with Crippen molar-refractivity contribution >= 4 is 21.6 Å². The Balaban J connectivity index is 1.69. The maximum Gasteiger partial charge on any atom is 0.244 e. The Labute approximate surface area is 152 Å². The fraction of sp³-hybridized carbons (Fsp3) is 0.333. The zero-order chi connectivity index (χ0) is 18.0. The summed E-state index contributed by atoms with van der Waals surface area (Å²) < 4.78 is 40.1. The quantitative estimate of drug-likeness (QED) is 0.812. The van der Waals surface area contributed by atoms with Gasteiger partial charge >= 0.3 is 0 Å². The first-order valence-corrected chi connectivity index (χ1v) is 9.95. The fourth-order valence-corrected chi connectivity index (χ4v) is 4.99. The van der Waals surface area contributed by atoms with Crippen molar-refractivity contribution < 1.29 is 12.8 Å². The van der Waals surface area contributed by atoms with E-state index in [0.717, 1.165) is 5.56 Å². The van der Waals surface area contributed by atoms with E-state index >= 15 is 0 Å². The Kier molecular flexibility index (Phi) is 5.43. The van der Waals surface area contributed by atoms with Gasteiger partial charge in [-0.3, -0.25) is 4.90 Å². The molecule has 2 aromatic carbocycles. The second kappa shape index (κ2) is 7.41. The standard InChI is InChI=1S/C18H20ClFN2O2S/c1-14(15-6-8-16(20)9-7-15)21-10-12-22(13-11-21)25(23,24)18-5-3-2-4-17(18)19/h2-9,14H,10-13H2,1H3/t14-/m0/s1. The van der Waals surface area contributed by atoms with Gasteiger partial charge in [0.25, 0.3) is 0 Å². The fourth-order valence-electron chi connectivity index (χ4n) is 3.08. The van der Waals surface area contributed by atoms with Crippen LogP contribution >= 0.6 is 11.6 Å². The van der Waals surface area contributed by atoms with E-state index in [1.54, 1.807) is 30.3 Å². The van der Waals surface area contributed by atoms with Gasteiger partial charge in [-0.05, 0) is 36.8 Å². The molecule has 0 amide bonds. The van der Waals surface area contributed by atoms with Crippen LogP contribution in [0.5, 0.6) is 0 Å². The molecule has 7 heteroatoms. The molecule has 1 aliphatic rings. The van der Waals surface area contributed by atoms with Crippen LogP contribution in [-0.4, -0.2) is 43.8 Å². The SMILES string of the molecule is C[C@@H](c1ccc(F)cc1)N1CCN(S(=O)(=O)c2ccccc2Cl)CC1. The molecule has 134 valence electrons. The van der Waals surface area contributed by atoms with Crippen molar-refractivity contribution in [2.24, 2.45) is 0 Å². The molecule has 0 N–H and O–H groups in total. The summed E-state index contributed by atoms with van der Waals surface area (Å²) in [5.41, 5.74) is 1.02. The molecule has 0 radical (unpaired) electrons. The molecule has 1 atom stereocenters. The Morgan fingerprint density at radius 1 is 1.00 bits per heavy atom. The molecule has 2 aromatic rings. The van der Waals surface area contributed by atoms with Crippen LogP contribution in [-0.2, 0) is 10.0 Å². The molecule has 1 saturated heterocycles. The van der Waals surface area contributed by atoms with E-state index in [9.17, 15) is 12.8 Å². The summed E-state index contributed by atoms with van der Waals surface area (Å²) in [6, 6.07) is 13.0. The van der Waals surface area contributed by atoms with E-state index in [0.29, 0.717) is 26.2 Å². The van der Waals surface area contributed by atoms with Gasteiger partial charge in [-0.25, -0.2) is 12.8 Å². The van der Waals surface area contributed by atoms with Crippen LogP contribution in [0, 0.1) is 5.82 Å². The number of sulfonamides is 1. The predicted octanol–water partition coefficient (Wildman–Crippen LogP) is 3.55. The number of piperazine rings is 1. The molecule has 4 nitrogen and oxygen atoms in total. The van der Waals surface area contributed by atoms with Gasteiger partial charge in [-0.15, -0.1) is 0 Å². The summed E-state index contributed by atoms with van der Waals surface area (Å²) in [4.78, 5) is 2.35. The summed E-state index contributed by atoms with van der Waals surface area (Å²) >= 11 is 6.05. The average Bonchev–Trinajstić information content (AvgIpc) is 2.62. The van der Waals surface area contributed by atoms with Crippen LogP contribution in [0.2, 0.25) is 5.02 Å². The molecule has 1 heterocycles. The molecule has 0 aromatic heterocycles. The predicted molar refractivity (Wildman–Crippen MR) is 96.6 cm³/mol. The first-order valence-electron chi connectivity index (χ1n) is 8.14. The van der Waals surface area contributed by atoms with E-state index in [1.165, 1.54) is 22.5 Å². The Hall–Kier alpha value is -1.47. The molecule has 0 aliphatic carbocycles. The van der Waals surface area contributed by atoms with Gasteiger partial charge in [0.1, 0.15) is 10.7 Å². The number of benzene rings is 2. The third-order valence-electron chi connectivity index (χ3n) is 4.63. The highest BCUT2D eigenvalue weighted by Crippen LogP contribution is 2.27. The molecular formula is C18H20ClFN2O2S. The van der Waals surface area contributed by atoms with Crippen LogP contribution in [0.15, 0.2) is 53.4 Å². The highest BCUT2D eigenvalue weighted by Gasteiger charge is 2.31. The van der Waals surface area contributed by atoms with Crippen LogP contribution in [0.1, 0.15) is 18.5 Å². The Morgan fingerprint density at radius 3 is 2.20 bits per heavy atom. The normalized spacial score (nSPS) is 18.2. The van der Waals surface area contributed by atoms with Crippen molar-refractivity contribution in [2.75, 3.05) is 26.2 Å². The van der Waals surface area contributed by atoms with Crippen LogP contribution in [0.25, 0.3) is 0 Å². The zero-order valence-corrected chi connectivity index (χ0v) is 15.5. The van der Waals surface area contributed by atoms with Crippen LogP contribution < -0.4 is 0 Å². The van der Waals surface area contributed by atoms with Crippen molar-refractivity contribution in [1.82, 2.24) is 9.21 Å². The minimum absolute atomic E-state index is 0.103. The lowest BCUT2D eigenvalue weighted by atomic mass is 10.1. The molecule has 1 aliphatic heterocycles. The number of nitrogens with zero attached hydrogens (tertiary/aromatic N) is 2. The number of hydrogen-bond acceptors (Lipinski definition) is 3. The molecular weight excluding hydrogens is 363 g/mol. The first-order chi connectivity index (χ1) is 11.9. The molecule has 0 unspecified atom stereocenters. The molecule has 0 bridgehead atoms. The lowest BCUT2D eigenvalue weighted by Gasteiger charge is -2.37. The highest BCUT2D eigenvalue weighted by atomic mass is 35.5. The molecule has 25 heavy (non-hydrogen) atoms. The highest BCUT2D eigenvalue weighted by molar-refractivity contribution is 7.89. The van der Waals surface area contributed by atoms with Crippen LogP contribution in [0.3, 0.4) is 0 Å². The van der Waals surface area contributed by atoms with Gasteiger partial charge in [0, 0.05) is 32.2 Å². The van der Waals surface area contributed by atoms with Crippen molar-refractivity contribution in [3.05, 3.63) is 64.9 Å². The maximum atomic E-state index is 13.1. The average molecular weight is 383 g/mol. The largest absolute Gasteiger partial charge is 0.294 e. The first kappa shape index (κ1) is 18.3. The van der Waals surface area contributed by atoms with Gasteiger partial charge in [-0.2, -0.15) is 4.31 Å². The minimum atomic E-state index is -3.59. The lowest BCUT2D eigenvalue weighted by molar-refractivity contribution is 0.146. The molecule has 0 spiro atoms. The van der Waals surface area contributed by atoms with E-state index < -0.39 is 10.0 Å². The number of rotatable bonds is 4. The maximum absolute atomic E-state index is 13.1. The second-order valence-electron chi connectivity index (χ2n) is 6.10. The van der Waals surface area contributed by atoms with Gasteiger partial charge in [0.2, 0.25) is 10.0 Å². The van der Waals surface area contributed by atoms with E-state index in [1.807, 2.05) is 6.92 Å². The van der Waals surface area contributed by atoms with Crippen molar-refractivity contribution in [2.45, 2.75) is 17.9 Å². The molecule has 1 fully saturated rings. The summed E-state index contributed by atoms with van der Waals surface area (Å²) in [6.07, 6.45) is 0. The topological polar surface area (TPSA) is 40.6 Å². The Bertz CT molecular complexity index is 834. The van der Waals surface area contributed by atoms with Crippen LogP contribution in [0.4, 0.5) is 4.39 Å². The van der Waals surface area contributed by atoms with E-state index in [4.69, 9.17) is 11.6 Å². The van der Waals surface area contributed by atoms with Crippen molar-refractivity contribution in [3.8, 4) is 0 Å². The number of hydrogen-bond donors (Lipinski definition) is 0. The molecule has 3 rings (SSSR count).